The van der Waals surface area contributed by atoms with Crippen molar-refractivity contribution in [3.63, 3.8) is 0 Å². The summed E-state index contributed by atoms with van der Waals surface area (Å²) >= 11 is 0. The first-order chi connectivity index (χ1) is 13.4. The zero-order chi connectivity index (χ0) is 21.6. The SMILES string of the molecule is [2H]C([2H])([2H])C([2H])([2H])Oc1cc2oc(-c3ccc(F)cc3)c(C(=O)NC)c2cc1O. The number of phenols is 1. The Hall–Kier alpha value is -3.02. The van der Waals surface area contributed by atoms with E-state index in [9.17, 15) is 14.3 Å². The molecular formula is C18H16FNO4. The van der Waals surface area contributed by atoms with Gasteiger partial charge in [0.15, 0.2) is 11.5 Å². The standard InChI is InChI=1S/C18H16FNO4/c1-3-23-15-9-14-12(8-13(15)21)16(18(22)20-2)17(24-14)10-4-6-11(19)7-5-10/h4-9,21H,3H2,1-2H3,(H,20,22)/i1D3,3D2. The van der Waals surface area contributed by atoms with Crippen LogP contribution in [0.25, 0.3) is 22.3 Å². The highest BCUT2D eigenvalue weighted by atomic mass is 19.1. The number of hydrogen-bond donors (Lipinski definition) is 2. The van der Waals surface area contributed by atoms with Crippen molar-refractivity contribution in [3.8, 4) is 22.8 Å². The maximum Gasteiger partial charge on any atom is 0.255 e. The number of carbonyl (C=O) groups excluding carboxylic acids is 1. The lowest BCUT2D eigenvalue weighted by molar-refractivity contribution is 0.0964. The minimum Gasteiger partial charge on any atom is -0.504 e. The zero-order valence-corrected chi connectivity index (χ0v) is 12.5. The second kappa shape index (κ2) is 6.23. The fraction of sp³-hybridized carbons (Fsp3) is 0.167. The number of amides is 1. The van der Waals surface area contributed by atoms with E-state index in [-0.39, 0.29) is 22.3 Å². The Balaban J connectivity index is 2.19. The summed E-state index contributed by atoms with van der Waals surface area (Å²) in [5, 5.41) is 12.9. The van der Waals surface area contributed by atoms with Gasteiger partial charge in [-0.05, 0) is 37.2 Å². The monoisotopic (exact) mass is 334 g/mol. The number of furan rings is 1. The van der Waals surface area contributed by atoms with Crippen molar-refractivity contribution in [2.75, 3.05) is 13.6 Å². The van der Waals surface area contributed by atoms with E-state index in [1.54, 1.807) is 0 Å². The lowest BCUT2D eigenvalue weighted by Gasteiger charge is -2.05. The molecule has 3 rings (SSSR count). The van der Waals surface area contributed by atoms with Gasteiger partial charge in [-0.25, -0.2) is 4.39 Å². The van der Waals surface area contributed by atoms with Crippen molar-refractivity contribution < 1.29 is 30.3 Å². The number of ether oxygens (including phenoxy) is 1. The van der Waals surface area contributed by atoms with E-state index in [2.05, 4.69) is 5.32 Å². The van der Waals surface area contributed by atoms with Gasteiger partial charge in [-0.15, -0.1) is 0 Å². The van der Waals surface area contributed by atoms with Crippen LogP contribution in [-0.4, -0.2) is 24.6 Å². The molecule has 24 heavy (non-hydrogen) atoms. The summed E-state index contributed by atoms with van der Waals surface area (Å²) < 4.78 is 60.6. The Morgan fingerprint density at radius 2 is 2.17 bits per heavy atom. The van der Waals surface area contributed by atoms with E-state index in [0.717, 1.165) is 12.1 Å². The van der Waals surface area contributed by atoms with Gasteiger partial charge < -0.3 is 19.6 Å². The average molecular weight is 334 g/mol. The molecule has 1 heterocycles. The molecule has 0 saturated carbocycles. The molecule has 1 aromatic heterocycles. The van der Waals surface area contributed by atoms with E-state index < -0.39 is 36.6 Å². The Labute approximate surface area is 144 Å². The molecule has 0 radical (unpaired) electrons. The van der Waals surface area contributed by atoms with E-state index in [4.69, 9.17) is 16.0 Å². The highest BCUT2D eigenvalue weighted by Gasteiger charge is 2.23. The maximum absolute atomic E-state index is 13.3. The Bertz CT molecular complexity index is 1080. The molecule has 0 unspecified atom stereocenters. The van der Waals surface area contributed by atoms with Crippen LogP contribution in [0.5, 0.6) is 11.5 Å². The maximum atomic E-state index is 13.3. The molecule has 0 fully saturated rings. The molecule has 0 atom stereocenters. The van der Waals surface area contributed by atoms with Crippen LogP contribution in [0.1, 0.15) is 24.1 Å². The molecule has 0 aliphatic carbocycles. The fourth-order valence-corrected chi connectivity index (χ4v) is 2.40. The third kappa shape index (κ3) is 2.67. The zero-order valence-electron chi connectivity index (χ0n) is 17.5. The van der Waals surface area contributed by atoms with Crippen molar-refractivity contribution >= 4 is 16.9 Å². The largest absolute Gasteiger partial charge is 0.504 e. The van der Waals surface area contributed by atoms with Crippen molar-refractivity contribution in [1.29, 1.82) is 0 Å². The van der Waals surface area contributed by atoms with Crippen LogP contribution in [0.3, 0.4) is 0 Å². The Morgan fingerprint density at radius 3 is 2.83 bits per heavy atom. The number of carbonyl (C=O) groups is 1. The quantitative estimate of drug-likeness (QED) is 0.763. The van der Waals surface area contributed by atoms with Crippen LogP contribution in [0.4, 0.5) is 4.39 Å². The number of fused-ring (bicyclic) bond motifs is 1. The first-order valence-electron chi connectivity index (χ1n) is 9.41. The number of halogens is 1. The predicted octanol–water partition coefficient (Wildman–Crippen LogP) is 3.70. The minimum absolute atomic E-state index is 0.0390. The van der Waals surface area contributed by atoms with Crippen molar-refractivity contribution in [3.05, 3.63) is 47.8 Å². The van der Waals surface area contributed by atoms with Crippen LogP contribution >= 0.6 is 0 Å². The second-order valence-corrected chi connectivity index (χ2v) is 4.91. The lowest BCUT2D eigenvalue weighted by atomic mass is 10.0. The van der Waals surface area contributed by atoms with Crippen LogP contribution < -0.4 is 10.1 Å². The summed E-state index contributed by atoms with van der Waals surface area (Å²) in [7, 11) is 1.40. The van der Waals surface area contributed by atoms with Crippen LogP contribution in [0.2, 0.25) is 0 Å². The smallest absolute Gasteiger partial charge is 0.255 e. The summed E-state index contributed by atoms with van der Waals surface area (Å²) in [6.07, 6.45) is 0. The van der Waals surface area contributed by atoms with Gasteiger partial charge in [-0.1, -0.05) is 0 Å². The van der Waals surface area contributed by atoms with E-state index in [1.807, 2.05) is 0 Å². The first-order valence-corrected chi connectivity index (χ1v) is 6.91. The molecule has 6 heteroatoms. The Morgan fingerprint density at radius 1 is 1.42 bits per heavy atom. The summed E-state index contributed by atoms with van der Waals surface area (Å²) in [5.74, 6) is -1.97. The van der Waals surface area contributed by atoms with Gasteiger partial charge in [0.05, 0.1) is 14.9 Å². The van der Waals surface area contributed by atoms with Crippen LogP contribution in [-0.2, 0) is 0 Å². The van der Waals surface area contributed by atoms with Crippen molar-refractivity contribution in [2.24, 2.45) is 0 Å². The molecule has 0 saturated heterocycles. The summed E-state index contributed by atoms with van der Waals surface area (Å²) in [6, 6.07) is 7.39. The fourth-order valence-electron chi connectivity index (χ4n) is 2.40. The van der Waals surface area contributed by atoms with Gasteiger partial charge in [-0.2, -0.15) is 0 Å². The highest BCUT2D eigenvalue weighted by Crippen LogP contribution is 2.39. The molecule has 124 valence electrons. The summed E-state index contributed by atoms with van der Waals surface area (Å²) in [5.41, 5.74) is 0.493. The number of benzene rings is 2. The van der Waals surface area contributed by atoms with Gasteiger partial charge in [0, 0.05) is 28.2 Å². The molecule has 2 N–H and O–H groups in total. The van der Waals surface area contributed by atoms with Crippen LogP contribution in [0.15, 0.2) is 40.8 Å². The Kier molecular flexibility index (Phi) is 2.78. The molecule has 0 aliphatic rings. The number of rotatable bonds is 4. The third-order valence-corrected chi connectivity index (χ3v) is 3.49. The topological polar surface area (TPSA) is 71.7 Å². The number of phenolic OH excluding ortho intramolecular Hbond substituents is 1. The van der Waals surface area contributed by atoms with Crippen molar-refractivity contribution in [2.45, 2.75) is 6.85 Å². The normalized spacial score (nSPS) is 15.0. The average Bonchev–Trinajstić information content (AvgIpc) is 2.99. The van der Waals surface area contributed by atoms with Gasteiger partial charge in [-0.3, -0.25) is 4.79 Å². The summed E-state index contributed by atoms with van der Waals surface area (Å²) in [4.78, 5) is 12.4. The second-order valence-electron chi connectivity index (χ2n) is 4.91. The van der Waals surface area contributed by atoms with Gasteiger partial charge in [0.1, 0.15) is 17.2 Å². The molecule has 5 nitrogen and oxygen atoms in total. The minimum atomic E-state index is -3.11. The lowest BCUT2D eigenvalue weighted by Crippen LogP contribution is -2.18. The molecule has 0 aliphatic heterocycles. The van der Waals surface area contributed by atoms with E-state index >= 15 is 0 Å². The molecule has 2 aromatic carbocycles. The first kappa shape index (κ1) is 10.7. The summed E-state index contributed by atoms with van der Waals surface area (Å²) in [6.45, 7) is -6.18. The number of hydrogen-bond acceptors (Lipinski definition) is 4. The molecule has 1 amide bonds. The van der Waals surface area contributed by atoms with Gasteiger partial charge in [0.25, 0.3) is 5.91 Å². The van der Waals surface area contributed by atoms with Crippen molar-refractivity contribution in [1.82, 2.24) is 5.32 Å². The molecular weight excluding hydrogens is 313 g/mol. The van der Waals surface area contributed by atoms with Crippen LogP contribution in [0, 0.1) is 5.82 Å². The van der Waals surface area contributed by atoms with Gasteiger partial charge in [0.2, 0.25) is 0 Å². The van der Waals surface area contributed by atoms with E-state index in [0.29, 0.717) is 5.56 Å². The number of aromatic hydroxyl groups is 1. The number of nitrogens with one attached hydrogen (secondary N) is 1. The highest BCUT2D eigenvalue weighted by molar-refractivity contribution is 6.11. The molecule has 0 bridgehead atoms. The predicted molar refractivity (Wildman–Crippen MR) is 87.8 cm³/mol. The van der Waals surface area contributed by atoms with Gasteiger partial charge >= 0.3 is 0 Å². The van der Waals surface area contributed by atoms with E-state index in [1.165, 1.54) is 31.3 Å². The third-order valence-electron chi connectivity index (χ3n) is 3.49. The molecule has 3 aromatic rings. The molecule has 0 spiro atoms.